The molecule has 10 heteroatoms. The number of carbonyl (C=O) groups excluding carboxylic acids is 4. The zero-order chi connectivity index (χ0) is 22.1. The molecule has 1 saturated heterocycles. The van der Waals surface area contributed by atoms with Crippen molar-refractivity contribution in [3.63, 3.8) is 0 Å². The number of fused-ring (bicyclic) bond motifs is 1. The third-order valence-corrected chi connectivity index (χ3v) is 5.71. The summed E-state index contributed by atoms with van der Waals surface area (Å²) in [6.45, 7) is 2.29. The van der Waals surface area contributed by atoms with Crippen LogP contribution in [0.25, 0.3) is 0 Å². The zero-order valence-corrected chi connectivity index (χ0v) is 17.5. The number of nitrogens with one attached hydrogen (secondary N) is 3. The van der Waals surface area contributed by atoms with Crippen LogP contribution >= 0.6 is 11.6 Å². The Labute approximate surface area is 183 Å². The van der Waals surface area contributed by atoms with Crippen molar-refractivity contribution in [1.29, 1.82) is 0 Å². The van der Waals surface area contributed by atoms with Gasteiger partial charge in [0, 0.05) is 25.1 Å². The van der Waals surface area contributed by atoms with Crippen LogP contribution in [-0.2, 0) is 22.7 Å². The third-order valence-electron chi connectivity index (χ3n) is 5.33. The van der Waals surface area contributed by atoms with Crippen LogP contribution in [0.1, 0.15) is 40.0 Å². The van der Waals surface area contributed by atoms with Crippen LogP contribution in [0.3, 0.4) is 0 Å². The Bertz CT molecular complexity index is 1100. The monoisotopic (exact) mass is 441 g/mol. The van der Waals surface area contributed by atoms with E-state index in [1.54, 1.807) is 19.1 Å². The Morgan fingerprint density at radius 2 is 2.10 bits per heavy atom. The number of amides is 5. The average Bonchev–Trinajstić information content (AvgIpc) is 3.05. The molecule has 2 aromatic rings. The first kappa shape index (κ1) is 20.8. The zero-order valence-electron chi connectivity index (χ0n) is 16.7. The number of urea groups is 1. The topological polar surface area (TPSA) is 120 Å². The molecule has 4 rings (SSSR count). The van der Waals surface area contributed by atoms with E-state index >= 15 is 0 Å². The summed E-state index contributed by atoms with van der Waals surface area (Å²) in [5.74, 6) is -1.02. The van der Waals surface area contributed by atoms with Crippen molar-refractivity contribution >= 4 is 41.0 Å². The van der Waals surface area contributed by atoms with Crippen molar-refractivity contribution in [2.24, 2.45) is 0 Å². The maximum Gasteiger partial charge on any atom is 0.319 e. The summed E-state index contributed by atoms with van der Waals surface area (Å²) < 4.78 is 0. The van der Waals surface area contributed by atoms with Crippen LogP contribution in [0.5, 0.6) is 0 Å². The lowest BCUT2D eigenvalue weighted by molar-refractivity contribution is -0.136. The first-order valence-electron chi connectivity index (χ1n) is 9.75. The molecule has 2 aliphatic heterocycles. The lowest BCUT2D eigenvalue weighted by Gasteiger charge is -2.29. The standard InChI is InChI=1S/C21H20ClN5O4/c1-11-16(22)7-14(9-23-11)25-21(31)24-8-12-2-3-13-10-27(20(30)15(13)6-12)17-4-5-18(28)26-19(17)29/h2-3,6-7,9,17H,4-5,8,10H2,1H3,(H2,24,25,31)(H,26,28,29). The van der Waals surface area contributed by atoms with Crippen LogP contribution in [0.2, 0.25) is 5.02 Å². The van der Waals surface area contributed by atoms with Gasteiger partial charge >= 0.3 is 6.03 Å². The number of anilines is 1. The number of carbonyl (C=O) groups is 4. The maximum atomic E-state index is 12.9. The van der Waals surface area contributed by atoms with Gasteiger partial charge in [-0.3, -0.25) is 24.7 Å². The molecule has 0 bridgehead atoms. The molecule has 1 fully saturated rings. The second-order valence-electron chi connectivity index (χ2n) is 7.49. The molecule has 0 saturated carbocycles. The molecule has 5 amide bonds. The number of aryl methyl sites for hydroxylation is 1. The number of hydrogen-bond acceptors (Lipinski definition) is 5. The van der Waals surface area contributed by atoms with Gasteiger partial charge in [0.15, 0.2) is 0 Å². The predicted octanol–water partition coefficient (Wildman–Crippen LogP) is 2.13. The van der Waals surface area contributed by atoms with Gasteiger partial charge in [0.2, 0.25) is 11.8 Å². The molecule has 0 aliphatic carbocycles. The highest BCUT2D eigenvalue weighted by molar-refractivity contribution is 6.31. The summed E-state index contributed by atoms with van der Waals surface area (Å²) in [6, 6.07) is 5.89. The van der Waals surface area contributed by atoms with Crippen molar-refractivity contribution in [3.8, 4) is 0 Å². The molecule has 3 heterocycles. The van der Waals surface area contributed by atoms with Crippen LogP contribution in [0, 0.1) is 6.92 Å². The van der Waals surface area contributed by atoms with Gasteiger partial charge < -0.3 is 15.5 Å². The SMILES string of the molecule is Cc1ncc(NC(=O)NCc2ccc3c(c2)C(=O)N(C2CCC(=O)NC2=O)C3)cc1Cl. The van der Waals surface area contributed by atoms with Gasteiger partial charge in [0.1, 0.15) is 6.04 Å². The van der Waals surface area contributed by atoms with E-state index in [1.807, 2.05) is 12.1 Å². The number of pyridine rings is 1. The van der Waals surface area contributed by atoms with E-state index in [0.29, 0.717) is 34.9 Å². The molecule has 1 aromatic carbocycles. The Morgan fingerprint density at radius 3 is 2.84 bits per heavy atom. The number of aromatic nitrogens is 1. The number of halogens is 1. The highest BCUT2D eigenvalue weighted by Crippen LogP contribution is 2.28. The largest absolute Gasteiger partial charge is 0.334 e. The van der Waals surface area contributed by atoms with Crippen LogP contribution < -0.4 is 16.0 Å². The van der Waals surface area contributed by atoms with E-state index in [4.69, 9.17) is 11.6 Å². The smallest absolute Gasteiger partial charge is 0.319 e. The summed E-state index contributed by atoms with van der Waals surface area (Å²) in [7, 11) is 0. The number of imide groups is 1. The molecule has 0 radical (unpaired) electrons. The number of rotatable bonds is 4. The maximum absolute atomic E-state index is 12.9. The van der Waals surface area contributed by atoms with Gasteiger partial charge in [-0.1, -0.05) is 23.7 Å². The first-order chi connectivity index (χ1) is 14.8. The average molecular weight is 442 g/mol. The summed E-state index contributed by atoms with van der Waals surface area (Å²) in [4.78, 5) is 54.1. The van der Waals surface area contributed by atoms with Gasteiger partial charge in [-0.2, -0.15) is 0 Å². The molecular weight excluding hydrogens is 422 g/mol. The number of piperidine rings is 1. The predicted molar refractivity (Wildman–Crippen MR) is 112 cm³/mol. The Morgan fingerprint density at radius 1 is 1.29 bits per heavy atom. The Kier molecular flexibility index (Phi) is 5.60. The summed E-state index contributed by atoms with van der Waals surface area (Å²) >= 11 is 6.01. The third kappa shape index (κ3) is 4.36. The minimum absolute atomic E-state index is 0.206. The van der Waals surface area contributed by atoms with E-state index < -0.39 is 18.0 Å². The van der Waals surface area contributed by atoms with Crippen LogP contribution in [-0.4, -0.2) is 39.7 Å². The van der Waals surface area contributed by atoms with Gasteiger partial charge in [0.05, 0.1) is 22.6 Å². The summed E-state index contributed by atoms with van der Waals surface area (Å²) in [5, 5.41) is 8.12. The molecule has 160 valence electrons. The Balaban J connectivity index is 1.38. The molecular formula is C21H20ClN5O4. The van der Waals surface area contributed by atoms with Gasteiger partial charge in [0.25, 0.3) is 5.91 Å². The van der Waals surface area contributed by atoms with E-state index in [0.717, 1.165) is 11.1 Å². The van der Waals surface area contributed by atoms with Gasteiger partial charge in [-0.25, -0.2) is 4.79 Å². The Hall–Kier alpha value is -3.46. The quantitative estimate of drug-likeness (QED) is 0.627. The molecule has 2 aliphatic rings. The second kappa shape index (κ2) is 8.35. The molecule has 1 atom stereocenters. The number of hydrogen-bond donors (Lipinski definition) is 3. The van der Waals surface area contributed by atoms with Gasteiger partial charge in [-0.15, -0.1) is 0 Å². The first-order valence-corrected chi connectivity index (χ1v) is 10.1. The van der Waals surface area contributed by atoms with Crippen LogP contribution in [0.4, 0.5) is 10.5 Å². The highest BCUT2D eigenvalue weighted by Gasteiger charge is 2.39. The second-order valence-corrected chi connectivity index (χ2v) is 7.90. The lowest BCUT2D eigenvalue weighted by atomic mass is 10.0. The lowest BCUT2D eigenvalue weighted by Crippen LogP contribution is -2.52. The minimum atomic E-state index is -0.653. The molecule has 3 N–H and O–H groups in total. The van der Waals surface area contributed by atoms with E-state index in [2.05, 4.69) is 20.9 Å². The fraction of sp³-hybridized carbons (Fsp3) is 0.286. The van der Waals surface area contributed by atoms with Crippen molar-refractivity contribution < 1.29 is 19.2 Å². The van der Waals surface area contributed by atoms with Crippen LogP contribution in [0.15, 0.2) is 30.5 Å². The highest BCUT2D eigenvalue weighted by atomic mass is 35.5. The molecule has 0 spiro atoms. The molecule has 1 unspecified atom stereocenters. The summed E-state index contributed by atoms with van der Waals surface area (Å²) in [5.41, 5.74) is 3.19. The summed E-state index contributed by atoms with van der Waals surface area (Å²) in [6.07, 6.45) is 2.04. The molecule has 1 aromatic heterocycles. The van der Waals surface area contributed by atoms with Crippen molar-refractivity contribution in [1.82, 2.24) is 20.5 Å². The van der Waals surface area contributed by atoms with Gasteiger partial charge in [-0.05, 0) is 36.6 Å². The number of benzene rings is 1. The number of nitrogens with zero attached hydrogens (tertiary/aromatic N) is 2. The fourth-order valence-corrected chi connectivity index (χ4v) is 3.81. The van der Waals surface area contributed by atoms with Crippen molar-refractivity contribution in [2.45, 2.75) is 38.9 Å². The molecule has 9 nitrogen and oxygen atoms in total. The minimum Gasteiger partial charge on any atom is -0.334 e. The van der Waals surface area contributed by atoms with E-state index in [1.165, 1.54) is 11.1 Å². The van der Waals surface area contributed by atoms with Crippen molar-refractivity contribution in [3.05, 3.63) is 57.9 Å². The van der Waals surface area contributed by atoms with E-state index in [9.17, 15) is 19.2 Å². The normalized spacial score (nSPS) is 17.9. The van der Waals surface area contributed by atoms with Crippen molar-refractivity contribution in [2.75, 3.05) is 5.32 Å². The fourth-order valence-electron chi connectivity index (χ4n) is 3.64. The van der Waals surface area contributed by atoms with E-state index in [-0.39, 0.29) is 24.8 Å². The molecule has 31 heavy (non-hydrogen) atoms.